The van der Waals surface area contributed by atoms with Gasteiger partial charge in [-0.3, -0.25) is 4.79 Å². The van der Waals surface area contributed by atoms with Gasteiger partial charge in [-0.1, -0.05) is 20.8 Å². The first-order valence-electron chi connectivity index (χ1n) is 7.27. The second kappa shape index (κ2) is 4.83. The van der Waals surface area contributed by atoms with Crippen molar-refractivity contribution >= 4 is 5.78 Å². The second-order valence-electron chi connectivity index (χ2n) is 6.80. The van der Waals surface area contributed by atoms with Gasteiger partial charge in [-0.15, -0.1) is 0 Å². The zero-order valence-corrected chi connectivity index (χ0v) is 12.5. The molecule has 2 rings (SSSR count). The van der Waals surface area contributed by atoms with E-state index in [4.69, 9.17) is 9.47 Å². The number of Topliss-reactive ketones (excluding diaryl/α,β-unsaturated/α-hetero) is 1. The van der Waals surface area contributed by atoms with Crippen LogP contribution in [0.15, 0.2) is 0 Å². The Hall–Kier alpha value is -0.450. The number of ketones is 1. The number of aliphatic hydroxyl groups is 1. The molecule has 1 saturated heterocycles. The highest BCUT2D eigenvalue weighted by Crippen LogP contribution is 2.47. The van der Waals surface area contributed by atoms with Gasteiger partial charge < -0.3 is 14.6 Å². The van der Waals surface area contributed by atoms with E-state index in [1.165, 1.54) is 0 Å². The third kappa shape index (κ3) is 2.58. The van der Waals surface area contributed by atoms with Gasteiger partial charge in [0.25, 0.3) is 0 Å². The van der Waals surface area contributed by atoms with Crippen LogP contribution in [0.25, 0.3) is 0 Å². The lowest BCUT2D eigenvalue weighted by atomic mass is 9.77. The Morgan fingerprint density at radius 2 is 1.74 bits per heavy atom. The van der Waals surface area contributed by atoms with Crippen molar-refractivity contribution in [1.29, 1.82) is 0 Å². The minimum absolute atomic E-state index is 0.00315. The third-order valence-electron chi connectivity index (χ3n) is 4.98. The predicted molar refractivity (Wildman–Crippen MR) is 71.7 cm³/mol. The van der Waals surface area contributed by atoms with Crippen LogP contribution in [-0.2, 0) is 14.3 Å². The van der Waals surface area contributed by atoms with E-state index in [0.717, 1.165) is 6.42 Å². The molecule has 1 N–H and O–H groups in total. The fraction of sp³-hybridized carbons (Fsp3) is 0.933. The molecule has 1 heterocycles. The number of hydrogen-bond acceptors (Lipinski definition) is 4. The van der Waals surface area contributed by atoms with Gasteiger partial charge in [-0.2, -0.15) is 0 Å². The SMILES string of the molecule is CC(C)[C@]1(O)CC[C@](C)(CCC2(C)OCCO2)C1=O. The second-order valence-corrected chi connectivity index (χ2v) is 6.80. The summed E-state index contributed by atoms with van der Waals surface area (Å²) in [6, 6.07) is 0. The summed E-state index contributed by atoms with van der Waals surface area (Å²) in [5.74, 6) is -0.588. The van der Waals surface area contributed by atoms with Crippen molar-refractivity contribution in [3.05, 3.63) is 0 Å². The van der Waals surface area contributed by atoms with Gasteiger partial charge in [0, 0.05) is 11.8 Å². The van der Waals surface area contributed by atoms with Crippen molar-refractivity contribution in [2.45, 2.75) is 64.8 Å². The first kappa shape index (κ1) is 14.9. The average molecular weight is 270 g/mol. The summed E-state index contributed by atoms with van der Waals surface area (Å²) in [7, 11) is 0. The molecule has 0 unspecified atom stereocenters. The van der Waals surface area contributed by atoms with Crippen molar-refractivity contribution in [2.75, 3.05) is 13.2 Å². The van der Waals surface area contributed by atoms with Crippen molar-refractivity contribution in [3.8, 4) is 0 Å². The summed E-state index contributed by atoms with van der Waals surface area (Å²) >= 11 is 0. The van der Waals surface area contributed by atoms with Gasteiger partial charge >= 0.3 is 0 Å². The number of carbonyl (C=O) groups excluding carboxylic acids is 1. The molecule has 0 spiro atoms. The fourth-order valence-corrected chi connectivity index (χ4v) is 3.21. The monoisotopic (exact) mass is 270 g/mol. The molecule has 0 radical (unpaired) electrons. The van der Waals surface area contributed by atoms with E-state index in [-0.39, 0.29) is 11.7 Å². The lowest BCUT2D eigenvalue weighted by Gasteiger charge is -2.31. The molecular formula is C15H26O4. The number of rotatable bonds is 4. The first-order valence-corrected chi connectivity index (χ1v) is 7.27. The Bertz CT molecular complexity index is 359. The van der Waals surface area contributed by atoms with Crippen LogP contribution in [0.1, 0.15) is 53.4 Å². The van der Waals surface area contributed by atoms with Gasteiger partial charge in [0.2, 0.25) is 0 Å². The van der Waals surface area contributed by atoms with Crippen LogP contribution < -0.4 is 0 Å². The minimum Gasteiger partial charge on any atom is -0.382 e. The molecular weight excluding hydrogens is 244 g/mol. The van der Waals surface area contributed by atoms with E-state index in [2.05, 4.69) is 0 Å². The first-order chi connectivity index (χ1) is 8.72. The minimum atomic E-state index is -1.15. The van der Waals surface area contributed by atoms with Crippen molar-refractivity contribution < 1.29 is 19.4 Å². The highest BCUT2D eigenvalue weighted by Gasteiger charge is 2.55. The summed E-state index contributed by atoms with van der Waals surface area (Å²) in [5, 5.41) is 10.5. The van der Waals surface area contributed by atoms with Crippen LogP contribution in [0, 0.1) is 11.3 Å². The molecule has 110 valence electrons. The standard InChI is InChI=1S/C15H26O4/c1-11(2)15(17)8-6-13(3,12(15)16)5-7-14(4)18-9-10-19-14/h11,17H,5-10H2,1-4H3/t13-,15+/m0/s1. The smallest absolute Gasteiger partial charge is 0.170 e. The van der Waals surface area contributed by atoms with E-state index < -0.39 is 16.8 Å². The molecule has 4 heteroatoms. The van der Waals surface area contributed by atoms with Crippen LogP contribution in [0.4, 0.5) is 0 Å². The van der Waals surface area contributed by atoms with Gasteiger partial charge in [-0.25, -0.2) is 0 Å². The van der Waals surface area contributed by atoms with Crippen molar-refractivity contribution in [1.82, 2.24) is 0 Å². The predicted octanol–water partition coefficient (Wildman–Crippen LogP) is 2.29. The van der Waals surface area contributed by atoms with Gasteiger partial charge in [0.1, 0.15) is 5.60 Å². The lowest BCUT2D eigenvalue weighted by molar-refractivity contribution is -0.157. The molecule has 1 saturated carbocycles. The van der Waals surface area contributed by atoms with Crippen LogP contribution in [0.3, 0.4) is 0 Å². The van der Waals surface area contributed by atoms with Crippen LogP contribution in [0.2, 0.25) is 0 Å². The Labute approximate surface area is 115 Å². The Morgan fingerprint density at radius 3 is 2.21 bits per heavy atom. The van der Waals surface area contributed by atoms with E-state index in [1.54, 1.807) is 0 Å². The molecule has 0 aromatic rings. The van der Waals surface area contributed by atoms with E-state index in [1.807, 2.05) is 27.7 Å². The number of ether oxygens (including phenoxy) is 2. The topological polar surface area (TPSA) is 55.8 Å². The van der Waals surface area contributed by atoms with Crippen LogP contribution in [-0.4, -0.2) is 35.5 Å². The van der Waals surface area contributed by atoms with E-state index in [9.17, 15) is 9.90 Å². The Balaban J connectivity index is 2.02. The summed E-state index contributed by atoms with van der Waals surface area (Å²) in [5.41, 5.74) is -1.59. The molecule has 19 heavy (non-hydrogen) atoms. The Kier molecular flexibility index (Phi) is 3.80. The number of hydrogen-bond donors (Lipinski definition) is 1. The van der Waals surface area contributed by atoms with Crippen LogP contribution >= 0.6 is 0 Å². The summed E-state index contributed by atoms with van der Waals surface area (Å²) < 4.78 is 11.2. The fourth-order valence-electron chi connectivity index (χ4n) is 3.21. The maximum atomic E-state index is 12.6. The van der Waals surface area contributed by atoms with Crippen molar-refractivity contribution in [3.63, 3.8) is 0 Å². The molecule has 1 aliphatic heterocycles. The molecule has 4 nitrogen and oxygen atoms in total. The largest absolute Gasteiger partial charge is 0.382 e. The molecule has 0 bridgehead atoms. The average Bonchev–Trinajstić information content (AvgIpc) is 2.88. The molecule has 2 atom stereocenters. The summed E-state index contributed by atoms with van der Waals surface area (Å²) in [6.07, 6.45) is 2.72. The third-order valence-corrected chi connectivity index (χ3v) is 4.98. The van der Waals surface area contributed by atoms with Gasteiger partial charge in [-0.05, 0) is 32.1 Å². The maximum Gasteiger partial charge on any atom is 0.170 e. The molecule has 2 fully saturated rings. The molecule has 0 aromatic carbocycles. The van der Waals surface area contributed by atoms with Crippen molar-refractivity contribution in [2.24, 2.45) is 11.3 Å². The number of carbonyl (C=O) groups is 1. The zero-order valence-electron chi connectivity index (χ0n) is 12.5. The highest BCUT2D eigenvalue weighted by atomic mass is 16.7. The lowest BCUT2D eigenvalue weighted by Crippen LogP contribution is -2.44. The van der Waals surface area contributed by atoms with E-state index >= 15 is 0 Å². The Morgan fingerprint density at radius 1 is 1.16 bits per heavy atom. The zero-order chi connectivity index (χ0) is 14.3. The molecule has 0 amide bonds. The van der Waals surface area contributed by atoms with Gasteiger partial charge in [0.15, 0.2) is 11.6 Å². The quantitative estimate of drug-likeness (QED) is 0.851. The molecule has 1 aliphatic carbocycles. The summed E-state index contributed by atoms with van der Waals surface area (Å²) in [4.78, 5) is 12.6. The summed E-state index contributed by atoms with van der Waals surface area (Å²) in [6.45, 7) is 8.96. The molecule has 2 aliphatic rings. The van der Waals surface area contributed by atoms with E-state index in [0.29, 0.717) is 32.5 Å². The maximum absolute atomic E-state index is 12.6. The highest BCUT2D eigenvalue weighted by molar-refractivity contribution is 5.94. The van der Waals surface area contributed by atoms with Crippen LogP contribution in [0.5, 0.6) is 0 Å². The normalized spacial score (nSPS) is 38.3. The molecule has 0 aromatic heterocycles. The van der Waals surface area contributed by atoms with Gasteiger partial charge in [0.05, 0.1) is 13.2 Å².